The molecular formula is C22H23N5O2. The molecule has 1 heterocycles. The summed E-state index contributed by atoms with van der Waals surface area (Å²) in [6.45, 7) is 6.25. The highest BCUT2D eigenvalue weighted by molar-refractivity contribution is 6.02. The van der Waals surface area contributed by atoms with Crippen molar-refractivity contribution in [3.05, 3.63) is 72.2 Å². The summed E-state index contributed by atoms with van der Waals surface area (Å²) in [5.41, 5.74) is 3.67. The van der Waals surface area contributed by atoms with Crippen LogP contribution in [-0.4, -0.2) is 28.3 Å². The van der Waals surface area contributed by atoms with E-state index < -0.39 is 0 Å². The van der Waals surface area contributed by atoms with Crippen molar-refractivity contribution in [2.24, 2.45) is 0 Å². The third-order valence-corrected chi connectivity index (χ3v) is 4.24. The molecule has 0 saturated carbocycles. The maximum atomic E-state index is 12.4. The topological polar surface area (TPSA) is 87.2 Å². The third-order valence-electron chi connectivity index (χ3n) is 4.24. The highest BCUT2D eigenvalue weighted by Crippen LogP contribution is 2.23. The monoisotopic (exact) mass is 389 g/mol. The number of anilines is 4. The molecule has 0 bridgehead atoms. The van der Waals surface area contributed by atoms with Gasteiger partial charge in [0.15, 0.2) is 5.82 Å². The van der Waals surface area contributed by atoms with Crippen molar-refractivity contribution >= 4 is 34.7 Å². The molecule has 0 radical (unpaired) electrons. The zero-order valence-corrected chi connectivity index (χ0v) is 16.6. The maximum Gasteiger partial charge on any atom is 0.275 e. The van der Waals surface area contributed by atoms with E-state index in [-0.39, 0.29) is 17.5 Å². The molecule has 3 rings (SSSR count). The van der Waals surface area contributed by atoms with Gasteiger partial charge in [-0.15, -0.1) is 0 Å². The molecule has 0 fully saturated rings. The van der Waals surface area contributed by atoms with E-state index in [9.17, 15) is 9.59 Å². The van der Waals surface area contributed by atoms with Gasteiger partial charge >= 0.3 is 0 Å². The summed E-state index contributed by atoms with van der Waals surface area (Å²) < 4.78 is 0. The Morgan fingerprint density at radius 2 is 1.66 bits per heavy atom. The number of hydrogen-bond acceptors (Lipinski definition) is 5. The number of carbonyl (C=O) groups is 2. The van der Waals surface area contributed by atoms with Crippen LogP contribution in [0.2, 0.25) is 0 Å². The normalized spacial score (nSPS) is 10.3. The number of aromatic nitrogens is 2. The number of nitrogens with one attached hydrogen (secondary N) is 2. The van der Waals surface area contributed by atoms with Crippen LogP contribution >= 0.6 is 0 Å². The molecule has 0 saturated heterocycles. The number of aryl methyl sites for hydroxylation is 1. The molecule has 2 N–H and O–H groups in total. The minimum Gasteiger partial charge on any atom is -0.326 e. The quantitative estimate of drug-likeness (QED) is 0.661. The van der Waals surface area contributed by atoms with Crippen molar-refractivity contribution in [3.8, 4) is 0 Å². The Bertz CT molecular complexity index is 1000. The molecule has 0 atom stereocenters. The fraction of sp³-hybridized carbons (Fsp3) is 0.182. The van der Waals surface area contributed by atoms with Gasteiger partial charge in [0.25, 0.3) is 5.91 Å². The Hall–Kier alpha value is -3.74. The molecular weight excluding hydrogens is 366 g/mol. The van der Waals surface area contributed by atoms with Gasteiger partial charge in [0.05, 0.1) is 12.4 Å². The molecule has 29 heavy (non-hydrogen) atoms. The Morgan fingerprint density at radius 3 is 2.21 bits per heavy atom. The van der Waals surface area contributed by atoms with E-state index in [1.165, 1.54) is 13.1 Å². The third kappa shape index (κ3) is 5.16. The zero-order chi connectivity index (χ0) is 20.8. The molecule has 3 aromatic rings. The Kier molecular flexibility index (Phi) is 6.19. The smallest absolute Gasteiger partial charge is 0.275 e. The molecule has 0 aliphatic heterocycles. The summed E-state index contributed by atoms with van der Waals surface area (Å²) in [4.78, 5) is 34.2. The fourth-order valence-electron chi connectivity index (χ4n) is 2.89. The lowest BCUT2D eigenvalue weighted by atomic mass is 10.2. The summed E-state index contributed by atoms with van der Waals surface area (Å²) in [6.07, 6.45) is 3.06. The van der Waals surface area contributed by atoms with Gasteiger partial charge in [-0.2, -0.15) is 0 Å². The van der Waals surface area contributed by atoms with E-state index in [1.54, 1.807) is 30.5 Å². The number of benzene rings is 2. The first-order valence-corrected chi connectivity index (χ1v) is 9.31. The van der Waals surface area contributed by atoms with Crippen LogP contribution in [0.15, 0.2) is 60.9 Å². The predicted octanol–water partition coefficient (Wildman–Crippen LogP) is 4.15. The lowest BCUT2D eigenvalue weighted by molar-refractivity contribution is -0.114. The second-order valence-electron chi connectivity index (χ2n) is 6.56. The molecule has 1 aromatic heterocycles. The first-order chi connectivity index (χ1) is 14.0. The number of amides is 2. The summed E-state index contributed by atoms with van der Waals surface area (Å²) >= 11 is 0. The van der Waals surface area contributed by atoms with Crippen LogP contribution in [0.3, 0.4) is 0 Å². The fourth-order valence-corrected chi connectivity index (χ4v) is 2.89. The van der Waals surface area contributed by atoms with Gasteiger partial charge in [-0.25, -0.2) is 9.97 Å². The number of nitrogens with zero attached hydrogens (tertiary/aromatic N) is 3. The molecule has 0 aliphatic carbocycles. The highest BCUT2D eigenvalue weighted by Gasteiger charge is 2.13. The first kappa shape index (κ1) is 20.0. The summed E-state index contributed by atoms with van der Waals surface area (Å²) in [7, 11) is 0. The average molecular weight is 389 g/mol. The van der Waals surface area contributed by atoms with Gasteiger partial charge in [0.2, 0.25) is 5.91 Å². The number of rotatable bonds is 6. The van der Waals surface area contributed by atoms with Gasteiger partial charge in [-0.3, -0.25) is 9.59 Å². The minimum absolute atomic E-state index is 0.149. The molecule has 148 valence electrons. The zero-order valence-electron chi connectivity index (χ0n) is 16.6. The van der Waals surface area contributed by atoms with Gasteiger partial charge in [0, 0.05) is 30.5 Å². The average Bonchev–Trinajstić information content (AvgIpc) is 2.70. The van der Waals surface area contributed by atoms with Crippen molar-refractivity contribution in [2.75, 3.05) is 22.1 Å². The minimum atomic E-state index is -0.352. The Morgan fingerprint density at radius 1 is 0.966 bits per heavy atom. The summed E-state index contributed by atoms with van der Waals surface area (Å²) in [6, 6.07) is 15.0. The Balaban J connectivity index is 1.70. The van der Waals surface area contributed by atoms with Gasteiger partial charge in [-0.05, 0) is 55.8 Å². The lowest BCUT2D eigenvalue weighted by Crippen LogP contribution is -2.19. The van der Waals surface area contributed by atoms with E-state index in [1.807, 2.05) is 36.9 Å². The van der Waals surface area contributed by atoms with E-state index in [4.69, 9.17) is 0 Å². The molecule has 7 heteroatoms. The van der Waals surface area contributed by atoms with Crippen LogP contribution in [0.4, 0.5) is 22.9 Å². The van der Waals surface area contributed by atoms with Crippen LogP contribution in [-0.2, 0) is 4.79 Å². The van der Waals surface area contributed by atoms with Gasteiger partial charge in [-0.1, -0.05) is 12.1 Å². The molecule has 2 aromatic carbocycles. The molecule has 0 unspecified atom stereocenters. The SMILES string of the molecule is CCN(c1cccc(C)c1)c1cnc(C(=O)Nc2ccc(NC(C)=O)cc2)cn1. The van der Waals surface area contributed by atoms with Crippen LogP contribution in [0.5, 0.6) is 0 Å². The molecule has 7 nitrogen and oxygen atoms in total. The largest absolute Gasteiger partial charge is 0.326 e. The summed E-state index contributed by atoms with van der Waals surface area (Å²) in [5, 5.41) is 5.45. The van der Waals surface area contributed by atoms with Gasteiger partial charge in [0.1, 0.15) is 5.69 Å². The van der Waals surface area contributed by atoms with Crippen LogP contribution in [0.1, 0.15) is 29.9 Å². The highest BCUT2D eigenvalue weighted by atomic mass is 16.2. The van der Waals surface area contributed by atoms with E-state index in [2.05, 4.69) is 26.7 Å². The standard InChI is InChI=1S/C22H23N5O2/c1-4-27(19-7-5-6-15(2)12-19)21-14-23-20(13-24-21)22(29)26-18-10-8-17(9-11-18)25-16(3)28/h5-14H,4H2,1-3H3,(H,25,28)(H,26,29). The summed E-state index contributed by atoms with van der Waals surface area (Å²) in [5.74, 6) is 0.174. The van der Waals surface area contributed by atoms with Crippen molar-refractivity contribution in [2.45, 2.75) is 20.8 Å². The molecule has 2 amide bonds. The Labute approximate surface area is 169 Å². The van der Waals surface area contributed by atoms with E-state index in [0.29, 0.717) is 17.2 Å². The second kappa shape index (κ2) is 8.97. The number of hydrogen-bond donors (Lipinski definition) is 2. The maximum absolute atomic E-state index is 12.4. The predicted molar refractivity (Wildman–Crippen MR) is 115 cm³/mol. The van der Waals surface area contributed by atoms with Gasteiger partial charge < -0.3 is 15.5 Å². The van der Waals surface area contributed by atoms with Crippen LogP contribution < -0.4 is 15.5 Å². The lowest BCUT2D eigenvalue weighted by Gasteiger charge is -2.22. The van der Waals surface area contributed by atoms with E-state index >= 15 is 0 Å². The first-order valence-electron chi connectivity index (χ1n) is 9.31. The van der Waals surface area contributed by atoms with Crippen molar-refractivity contribution in [1.82, 2.24) is 9.97 Å². The van der Waals surface area contributed by atoms with Crippen molar-refractivity contribution in [3.63, 3.8) is 0 Å². The van der Waals surface area contributed by atoms with Crippen LogP contribution in [0, 0.1) is 6.92 Å². The second-order valence-corrected chi connectivity index (χ2v) is 6.56. The molecule has 0 aliphatic rings. The number of carbonyl (C=O) groups excluding carboxylic acids is 2. The van der Waals surface area contributed by atoms with Crippen molar-refractivity contribution in [1.29, 1.82) is 0 Å². The van der Waals surface area contributed by atoms with E-state index in [0.717, 1.165) is 17.8 Å². The molecule has 0 spiro atoms. The van der Waals surface area contributed by atoms with Crippen LogP contribution in [0.25, 0.3) is 0 Å². The van der Waals surface area contributed by atoms with Crippen molar-refractivity contribution < 1.29 is 9.59 Å².